The molecule has 118 valence electrons. The van der Waals surface area contributed by atoms with Crippen LogP contribution < -0.4 is 4.90 Å². The number of benzene rings is 2. The van der Waals surface area contributed by atoms with Crippen molar-refractivity contribution >= 4 is 17.0 Å². The lowest BCUT2D eigenvalue weighted by Crippen LogP contribution is -2.18. The van der Waals surface area contributed by atoms with E-state index in [4.69, 9.17) is 0 Å². The average Bonchev–Trinajstić information content (AvgIpc) is 3.07. The van der Waals surface area contributed by atoms with Crippen LogP contribution in [0.2, 0.25) is 0 Å². The van der Waals surface area contributed by atoms with Crippen molar-refractivity contribution in [2.24, 2.45) is 0 Å². The highest BCUT2D eigenvalue weighted by atomic mass is 15.2. The molecule has 0 bridgehead atoms. The van der Waals surface area contributed by atoms with Crippen LogP contribution >= 0.6 is 0 Å². The third-order valence-electron chi connectivity index (χ3n) is 3.94. The van der Waals surface area contributed by atoms with Crippen LogP contribution in [-0.4, -0.2) is 27.0 Å². The molecule has 0 atom stereocenters. The number of nitrogens with one attached hydrogen (secondary N) is 1. The van der Waals surface area contributed by atoms with Crippen LogP contribution in [0.15, 0.2) is 67.0 Å². The largest absolute Gasteiger partial charge is 0.353 e. The molecule has 0 aliphatic carbocycles. The zero-order valence-electron chi connectivity index (χ0n) is 13.3. The van der Waals surface area contributed by atoms with Gasteiger partial charge in [-0.2, -0.15) is 0 Å². The molecular weight excluding hydrogens is 298 g/mol. The monoisotopic (exact) mass is 315 g/mol. The first kappa shape index (κ1) is 14.4. The number of rotatable bonds is 4. The molecule has 4 rings (SSSR count). The average molecular weight is 315 g/mol. The first-order valence-electron chi connectivity index (χ1n) is 7.82. The van der Waals surface area contributed by atoms with E-state index in [1.54, 1.807) is 6.33 Å². The topological polar surface area (TPSA) is 57.7 Å². The third-order valence-corrected chi connectivity index (χ3v) is 3.94. The molecule has 0 unspecified atom stereocenters. The molecule has 0 amide bonds. The van der Waals surface area contributed by atoms with Crippen molar-refractivity contribution in [2.45, 2.75) is 6.54 Å². The molecule has 0 radical (unpaired) electrons. The van der Waals surface area contributed by atoms with Gasteiger partial charge in [-0.05, 0) is 5.56 Å². The van der Waals surface area contributed by atoms with Gasteiger partial charge in [-0.25, -0.2) is 15.0 Å². The Labute approximate surface area is 140 Å². The van der Waals surface area contributed by atoms with Gasteiger partial charge < -0.3 is 9.88 Å². The molecule has 2 aromatic carbocycles. The predicted octanol–water partition coefficient (Wildman–Crippen LogP) is 3.66. The van der Waals surface area contributed by atoms with Crippen LogP contribution in [0.1, 0.15) is 5.56 Å². The Morgan fingerprint density at radius 3 is 2.38 bits per heavy atom. The van der Waals surface area contributed by atoms with Gasteiger partial charge in [-0.3, -0.25) is 0 Å². The van der Waals surface area contributed by atoms with E-state index >= 15 is 0 Å². The summed E-state index contributed by atoms with van der Waals surface area (Å²) in [5.41, 5.74) is 3.80. The summed E-state index contributed by atoms with van der Waals surface area (Å²) in [7, 11) is 2.03. The molecule has 0 aliphatic heterocycles. The summed E-state index contributed by atoms with van der Waals surface area (Å²) in [6.07, 6.45) is 1.56. The SMILES string of the molecule is CN(Cc1ccccc1)c1ncnc2nc(-c3ccccc3)[nH]c12. The Kier molecular flexibility index (Phi) is 3.67. The fourth-order valence-electron chi connectivity index (χ4n) is 2.77. The van der Waals surface area contributed by atoms with Crippen molar-refractivity contribution in [1.82, 2.24) is 19.9 Å². The summed E-state index contributed by atoms with van der Waals surface area (Å²) < 4.78 is 0. The van der Waals surface area contributed by atoms with Gasteiger partial charge in [0, 0.05) is 19.2 Å². The Morgan fingerprint density at radius 1 is 0.917 bits per heavy atom. The molecule has 0 saturated carbocycles. The van der Waals surface area contributed by atoms with Crippen LogP contribution in [0.3, 0.4) is 0 Å². The number of anilines is 1. The highest BCUT2D eigenvalue weighted by Crippen LogP contribution is 2.25. The molecule has 4 aromatic rings. The minimum Gasteiger partial charge on any atom is -0.353 e. The van der Waals surface area contributed by atoms with Crippen molar-refractivity contribution in [3.8, 4) is 11.4 Å². The number of hydrogen-bond acceptors (Lipinski definition) is 4. The van der Waals surface area contributed by atoms with Crippen LogP contribution in [-0.2, 0) is 6.54 Å². The van der Waals surface area contributed by atoms with Crippen molar-refractivity contribution < 1.29 is 0 Å². The Morgan fingerprint density at radius 2 is 1.62 bits per heavy atom. The Hall–Kier alpha value is -3.21. The lowest BCUT2D eigenvalue weighted by Gasteiger charge is -2.18. The number of aromatic nitrogens is 4. The molecule has 2 heterocycles. The van der Waals surface area contributed by atoms with E-state index in [1.807, 2.05) is 55.6 Å². The molecule has 5 nitrogen and oxygen atoms in total. The van der Waals surface area contributed by atoms with Gasteiger partial charge in [0.2, 0.25) is 0 Å². The molecule has 2 aromatic heterocycles. The molecule has 0 fully saturated rings. The highest BCUT2D eigenvalue weighted by Gasteiger charge is 2.14. The van der Waals surface area contributed by atoms with Gasteiger partial charge >= 0.3 is 0 Å². The summed E-state index contributed by atoms with van der Waals surface area (Å²) in [5.74, 6) is 1.65. The second-order valence-electron chi connectivity index (χ2n) is 5.69. The second-order valence-corrected chi connectivity index (χ2v) is 5.69. The second kappa shape index (κ2) is 6.12. The molecule has 0 aliphatic rings. The van der Waals surface area contributed by atoms with Gasteiger partial charge in [0.15, 0.2) is 11.5 Å². The molecular formula is C19H17N5. The maximum atomic E-state index is 4.60. The summed E-state index contributed by atoms with van der Waals surface area (Å²) in [4.78, 5) is 18.8. The normalized spacial score (nSPS) is 10.9. The predicted molar refractivity (Wildman–Crippen MR) is 95.7 cm³/mol. The number of fused-ring (bicyclic) bond motifs is 1. The molecule has 0 spiro atoms. The Balaban J connectivity index is 1.72. The lowest BCUT2D eigenvalue weighted by atomic mass is 10.2. The molecule has 5 heteroatoms. The van der Waals surface area contributed by atoms with E-state index < -0.39 is 0 Å². The molecule has 1 N–H and O–H groups in total. The highest BCUT2D eigenvalue weighted by molar-refractivity contribution is 5.85. The van der Waals surface area contributed by atoms with Gasteiger partial charge in [0.25, 0.3) is 0 Å². The van der Waals surface area contributed by atoms with Gasteiger partial charge in [-0.1, -0.05) is 60.7 Å². The maximum absolute atomic E-state index is 4.60. The quantitative estimate of drug-likeness (QED) is 0.624. The number of hydrogen-bond donors (Lipinski definition) is 1. The summed E-state index contributed by atoms with van der Waals surface area (Å²) in [5, 5.41) is 0. The van der Waals surface area contributed by atoms with E-state index in [-0.39, 0.29) is 0 Å². The van der Waals surface area contributed by atoms with E-state index in [2.05, 4.69) is 37.0 Å². The third kappa shape index (κ3) is 2.72. The van der Waals surface area contributed by atoms with Crippen molar-refractivity contribution in [3.05, 3.63) is 72.6 Å². The van der Waals surface area contributed by atoms with Crippen molar-refractivity contribution in [1.29, 1.82) is 0 Å². The zero-order chi connectivity index (χ0) is 16.4. The molecule has 24 heavy (non-hydrogen) atoms. The van der Waals surface area contributed by atoms with Crippen LogP contribution in [0.25, 0.3) is 22.6 Å². The van der Waals surface area contributed by atoms with Crippen molar-refractivity contribution in [2.75, 3.05) is 11.9 Å². The molecule has 0 saturated heterocycles. The van der Waals surface area contributed by atoms with Gasteiger partial charge in [0.1, 0.15) is 17.7 Å². The maximum Gasteiger partial charge on any atom is 0.183 e. The zero-order valence-corrected chi connectivity index (χ0v) is 13.3. The van der Waals surface area contributed by atoms with E-state index in [1.165, 1.54) is 5.56 Å². The van der Waals surface area contributed by atoms with Crippen molar-refractivity contribution in [3.63, 3.8) is 0 Å². The number of H-pyrrole nitrogens is 1. The Bertz CT molecular complexity index is 947. The van der Waals surface area contributed by atoms with Crippen LogP contribution in [0.4, 0.5) is 5.82 Å². The van der Waals surface area contributed by atoms with Gasteiger partial charge in [-0.15, -0.1) is 0 Å². The summed E-state index contributed by atoms with van der Waals surface area (Å²) in [6.45, 7) is 0.770. The fourth-order valence-corrected chi connectivity index (χ4v) is 2.77. The number of aromatic amines is 1. The van der Waals surface area contributed by atoms with E-state index in [0.29, 0.717) is 5.65 Å². The van der Waals surface area contributed by atoms with E-state index in [0.717, 1.165) is 29.3 Å². The van der Waals surface area contributed by atoms with E-state index in [9.17, 15) is 0 Å². The first-order chi connectivity index (χ1) is 11.8. The number of nitrogens with zero attached hydrogens (tertiary/aromatic N) is 4. The van der Waals surface area contributed by atoms with Crippen LogP contribution in [0, 0.1) is 0 Å². The van der Waals surface area contributed by atoms with Gasteiger partial charge in [0.05, 0.1) is 0 Å². The summed E-state index contributed by atoms with van der Waals surface area (Å²) in [6, 6.07) is 20.4. The summed E-state index contributed by atoms with van der Waals surface area (Å²) >= 11 is 0. The lowest BCUT2D eigenvalue weighted by molar-refractivity contribution is 0.898. The number of imidazole rings is 1. The first-order valence-corrected chi connectivity index (χ1v) is 7.82. The minimum atomic E-state index is 0.679. The fraction of sp³-hybridized carbons (Fsp3) is 0.105. The van der Waals surface area contributed by atoms with Crippen LogP contribution in [0.5, 0.6) is 0 Å². The minimum absolute atomic E-state index is 0.679. The smallest absolute Gasteiger partial charge is 0.183 e. The standard InChI is InChI=1S/C19H17N5/c1-24(12-14-8-4-2-5-9-14)19-16-18(20-13-21-19)23-17(22-16)15-10-6-3-7-11-15/h2-11,13H,12H2,1H3,(H,20,21,22,23).